The Balaban J connectivity index is 2.42. The standard InChI is InChI=1S/C15H18N4O2S/c1-12(2)15-17-11-14(18-15)22(20,21)19(10-6-9-16)13-7-4-3-5-8-13/h3-5,7-8,11-12H,6,10H2,1-2H3,(H,17,18). The summed E-state index contributed by atoms with van der Waals surface area (Å²) in [5, 5.41) is 8.82. The molecule has 2 aromatic rings. The number of aromatic nitrogens is 2. The van der Waals surface area contributed by atoms with Gasteiger partial charge in [0.15, 0.2) is 5.03 Å². The Bertz CT molecular complexity index is 760. The van der Waals surface area contributed by atoms with Gasteiger partial charge in [-0.2, -0.15) is 13.7 Å². The number of sulfonamides is 1. The highest BCUT2D eigenvalue weighted by molar-refractivity contribution is 7.92. The summed E-state index contributed by atoms with van der Waals surface area (Å²) in [6.45, 7) is 3.96. The van der Waals surface area contributed by atoms with Gasteiger partial charge in [-0.1, -0.05) is 32.0 Å². The molecule has 22 heavy (non-hydrogen) atoms. The van der Waals surface area contributed by atoms with E-state index in [1.165, 1.54) is 10.5 Å². The second-order valence-corrected chi connectivity index (χ2v) is 6.94. The van der Waals surface area contributed by atoms with Crippen LogP contribution in [0.4, 0.5) is 5.69 Å². The number of nitriles is 1. The Labute approximate surface area is 130 Å². The maximum absolute atomic E-state index is 12.8. The Morgan fingerprint density at radius 3 is 2.55 bits per heavy atom. The topological polar surface area (TPSA) is 89.8 Å². The SMILES string of the molecule is CC(C)c1ncc(S(=O)(=O)N(CCC#N)c2ccccc2)[nH]1. The van der Waals surface area contributed by atoms with Gasteiger partial charge < -0.3 is 4.98 Å². The van der Waals surface area contributed by atoms with Gasteiger partial charge in [0, 0.05) is 12.5 Å². The minimum Gasteiger partial charge on any atom is -0.331 e. The van der Waals surface area contributed by atoms with E-state index in [4.69, 9.17) is 5.26 Å². The number of hydrogen-bond donors (Lipinski definition) is 1. The van der Waals surface area contributed by atoms with Gasteiger partial charge >= 0.3 is 0 Å². The number of nitrogens with one attached hydrogen (secondary N) is 1. The highest BCUT2D eigenvalue weighted by atomic mass is 32.2. The molecule has 116 valence electrons. The fraction of sp³-hybridized carbons (Fsp3) is 0.333. The molecule has 0 atom stereocenters. The van der Waals surface area contributed by atoms with Crippen molar-refractivity contribution in [1.29, 1.82) is 5.26 Å². The molecule has 0 amide bonds. The lowest BCUT2D eigenvalue weighted by Crippen LogP contribution is -2.32. The average molecular weight is 318 g/mol. The van der Waals surface area contributed by atoms with Crippen LogP contribution in [0.1, 0.15) is 32.0 Å². The molecule has 0 radical (unpaired) electrons. The molecule has 7 heteroatoms. The summed E-state index contributed by atoms with van der Waals surface area (Å²) in [6.07, 6.45) is 1.44. The van der Waals surface area contributed by atoms with Crippen LogP contribution in [-0.4, -0.2) is 24.9 Å². The molecule has 0 aliphatic heterocycles. The third kappa shape index (κ3) is 3.28. The molecule has 0 aliphatic rings. The van der Waals surface area contributed by atoms with Crippen LogP contribution in [-0.2, 0) is 10.0 Å². The molecule has 1 heterocycles. The quantitative estimate of drug-likeness (QED) is 0.886. The molecular weight excluding hydrogens is 300 g/mol. The molecule has 1 aromatic heterocycles. The Hall–Kier alpha value is -2.33. The second-order valence-electron chi connectivity index (χ2n) is 5.11. The molecule has 0 aliphatic carbocycles. The highest BCUT2D eigenvalue weighted by Gasteiger charge is 2.27. The van der Waals surface area contributed by atoms with Crippen LogP contribution in [0.25, 0.3) is 0 Å². The lowest BCUT2D eigenvalue weighted by atomic mass is 10.2. The van der Waals surface area contributed by atoms with Crippen LogP contribution in [0.3, 0.4) is 0 Å². The fourth-order valence-electron chi connectivity index (χ4n) is 2.00. The molecule has 0 saturated heterocycles. The summed E-state index contributed by atoms with van der Waals surface area (Å²) in [6, 6.07) is 10.7. The molecule has 6 nitrogen and oxygen atoms in total. The van der Waals surface area contributed by atoms with E-state index in [1.807, 2.05) is 26.0 Å². The lowest BCUT2D eigenvalue weighted by Gasteiger charge is -2.22. The van der Waals surface area contributed by atoms with Crippen LogP contribution >= 0.6 is 0 Å². The van der Waals surface area contributed by atoms with E-state index in [2.05, 4.69) is 9.97 Å². The van der Waals surface area contributed by atoms with Crippen molar-refractivity contribution in [3.63, 3.8) is 0 Å². The van der Waals surface area contributed by atoms with Gasteiger partial charge in [-0.15, -0.1) is 0 Å². The Morgan fingerprint density at radius 1 is 1.32 bits per heavy atom. The van der Waals surface area contributed by atoms with Crippen LogP contribution in [0, 0.1) is 11.3 Å². The van der Waals surface area contributed by atoms with Crippen molar-refractivity contribution in [3.8, 4) is 6.07 Å². The van der Waals surface area contributed by atoms with Crippen LogP contribution in [0.2, 0.25) is 0 Å². The van der Waals surface area contributed by atoms with Crippen molar-refractivity contribution >= 4 is 15.7 Å². The van der Waals surface area contributed by atoms with E-state index in [1.54, 1.807) is 24.3 Å². The van der Waals surface area contributed by atoms with Gasteiger partial charge in [0.25, 0.3) is 10.0 Å². The third-order valence-electron chi connectivity index (χ3n) is 3.16. The van der Waals surface area contributed by atoms with Crippen molar-refractivity contribution < 1.29 is 8.42 Å². The zero-order valence-electron chi connectivity index (χ0n) is 12.5. The first-order chi connectivity index (χ1) is 10.5. The maximum Gasteiger partial charge on any atom is 0.281 e. The molecule has 0 fully saturated rings. The molecule has 1 aromatic carbocycles. The number of nitrogens with zero attached hydrogens (tertiary/aromatic N) is 3. The number of hydrogen-bond acceptors (Lipinski definition) is 4. The third-order valence-corrected chi connectivity index (χ3v) is 4.89. The van der Waals surface area contributed by atoms with E-state index in [0.29, 0.717) is 11.5 Å². The predicted octanol–water partition coefficient (Wildman–Crippen LogP) is 2.64. The number of benzene rings is 1. The van der Waals surface area contributed by atoms with Gasteiger partial charge in [-0.3, -0.25) is 4.31 Å². The number of anilines is 1. The lowest BCUT2D eigenvalue weighted by molar-refractivity contribution is 0.587. The van der Waals surface area contributed by atoms with Gasteiger partial charge in [0.2, 0.25) is 0 Å². The van der Waals surface area contributed by atoms with E-state index in [0.717, 1.165) is 0 Å². The number of imidazole rings is 1. The summed E-state index contributed by atoms with van der Waals surface area (Å²) in [5.74, 6) is 0.722. The monoisotopic (exact) mass is 318 g/mol. The highest BCUT2D eigenvalue weighted by Crippen LogP contribution is 2.23. The van der Waals surface area contributed by atoms with E-state index in [-0.39, 0.29) is 23.9 Å². The molecule has 1 N–H and O–H groups in total. The van der Waals surface area contributed by atoms with Gasteiger partial charge in [-0.05, 0) is 12.1 Å². The first-order valence-corrected chi connectivity index (χ1v) is 8.40. The summed E-state index contributed by atoms with van der Waals surface area (Å²) >= 11 is 0. The van der Waals surface area contributed by atoms with Crippen molar-refractivity contribution in [1.82, 2.24) is 9.97 Å². The molecular formula is C15H18N4O2S. The molecule has 0 spiro atoms. The number of para-hydroxylation sites is 1. The zero-order valence-corrected chi connectivity index (χ0v) is 13.3. The molecule has 2 rings (SSSR count). The first kappa shape index (κ1) is 16.0. The normalized spacial score (nSPS) is 11.4. The molecule has 0 saturated carbocycles. The molecule has 0 unspecified atom stereocenters. The largest absolute Gasteiger partial charge is 0.331 e. The van der Waals surface area contributed by atoms with E-state index in [9.17, 15) is 8.42 Å². The van der Waals surface area contributed by atoms with Gasteiger partial charge in [-0.25, -0.2) is 4.98 Å². The summed E-state index contributed by atoms with van der Waals surface area (Å²) in [4.78, 5) is 6.97. The number of rotatable bonds is 6. The smallest absolute Gasteiger partial charge is 0.281 e. The van der Waals surface area contributed by atoms with Crippen LogP contribution in [0.5, 0.6) is 0 Å². The number of aromatic amines is 1. The van der Waals surface area contributed by atoms with Crippen LogP contribution in [0.15, 0.2) is 41.6 Å². The first-order valence-electron chi connectivity index (χ1n) is 6.96. The van der Waals surface area contributed by atoms with Crippen molar-refractivity contribution in [2.75, 3.05) is 10.8 Å². The fourth-order valence-corrected chi connectivity index (χ4v) is 3.38. The Morgan fingerprint density at radius 2 is 2.00 bits per heavy atom. The maximum atomic E-state index is 12.8. The minimum atomic E-state index is -3.77. The summed E-state index contributed by atoms with van der Waals surface area (Å²) < 4.78 is 26.9. The Kier molecular flexibility index (Phi) is 4.83. The average Bonchev–Trinajstić information content (AvgIpc) is 2.99. The molecule has 0 bridgehead atoms. The summed E-state index contributed by atoms with van der Waals surface area (Å²) in [5.41, 5.74) is 0.526. The van der Waals surface area contributed by atoms with Gasteiger partial charge in [0.05, 0.1) is 24.4 Å². The van der Waals surface area contributed by atoms with Crippen molar-refractivity contribution in [2.24, 2.45) is 0 Å². The number of H-pyrrole nitrogens is 1. The summed E-state index contributed by atoms with van der Waals surface area (Å²) in [7, 11) is -3.77. The van der Waals surface area contributed by atoms with E-state index < -0.39 is 10.0 Å². The van der Waals surface area contributed by atoms with Gasteiger partial charge in [0.1, 0.15) is 5.82 Å². The second kappa shape index (κ2) is 6.62. The zero-order chi connectivity index (χ0) is 16.2. The predicted molar refractivity (Wildman–Crippen MR) is 83.9 cm³/mol. The van der Waals surface area contributed by atoms with Crippen molar-refractivity contribution in [2.45, 2.75) is 31.2 Å². The minimum absolute atomic E-state index is 0.0398. The van der Waals surface area contributed by atoms with Crippen molar-refractivity contribution in [3.05, 3.63) is 42.4 Å². The van der Waals surface area contributed by atoms with E-state index >= 15 is 0 Å². The van der Waals surface area contributed by atoms with Crippen LogP contribution < -0.4 is 4.31 Å².